The van der Waals surface area contributed by atoms with Gasteiger partial charge >= 0.3 is 0 Å². The summed E-state index contributed by atoms with van der Waals surface area (Å²) >= 11 is 0. The van der Waals surface area contributed by atoms with Gasteiger partial charge in [-0.3, -0.25) is 4.79 Å². The van der Waals surface area contributed by atoms with Crippen molar-refractivity contribution in [1.29, 1.82) is 0 Å². The summed E-state index contributed by atoms with van der Waals surface area (Å²) in [5.41, 5.74) is 1.13. The molecule has 0 aliphatic heterocycles. The van der Waals surface area contributed by atoms with Crippen LogP contribution in [0.2, 0.25) is 0 Å². The SMILES string of the molecule is Cn1ccc2c(OCC=Cc3ccccc3)cccc2c1=O. The Balaban J connectivity index is 1.79. The lowest BCUT2D eigenvalue weighted by Gasteiger charge is -2.08. The van der Waals surface area contributed by atoms with Crippen molar-refractivity contribution in [2.75, 3.05) is 6.61 Å². The summed E-state index contributed by atoms with van der Waals surface area (Å²) in [6.07, 6.45) is 5.75. The normalized spacial score (nSPS) is 11.1. The van der Waals surface area contributed by atoms with Gasteiger partial charge in [0.25, 0.3) is 5.56 Å². The standard InChI is InChI=1S/C19H17NO2/c1-20-13-12-16-17(19(20)21)10-5-11-18(16)22-14-6-9-15-7-3-2-4-8-15/h2-13H,14H2,1H3. The maximum atomic E-state index is 12.1. The van der Waals surface area contributed by atoms with E-state index in [0.717, 1.165) is 16.7 Å². The molecule has 0 atom stereocenters. The second kappa shape index (κ2) is 6.31. The topological polar surface area (TPSA) is 31.2 Å². The minimum atomic E-state index is -0.0113. The van der Waals surface area contributed by atoms with Gasteiger partial charge in [0.05, 0.1) is 5.39 Å². The molecule has 3 heteroatoms. The lowest BCUT2D eigenvalue weighted by molar-refractivity contribution is 0.368. The fourth-order valence-corrected chi connectivity index (χ4v) is 2.36. The van der Waals surface area contributed by atoms with Crippen molar-refractivity contribution >= 4 is 16.8 Å². The van der Waals surface area contributed by atoms with E-state index in [4.69, 9.17) is 4.74 Å². The number of nitrogens with zero attached hydrogens (tertiary/aromatic N) is 1. The number of aryl methyl sites for hydroxylation is 1. The Labute approximate surface area is 129 Å². The number of pyridine rings is 1. The van der Waals surface area contributed by atoms with Crippen LogP contribution in [-0.2, 0) is 7.05 Å². The Kier molecular flexibility index (Phi) is 4.05. The van der Waals surface area contributed by atoms with E-state index in [0.29, 0.717) is 12.0 Å². The molecule has 0 spiro atoms. The van der Waals surface area contributed by atoms with Crippen LogP contribution in [0.1, 0.15) is 5.56 Å². The third-order valence-corrected chi connectivity index (χ3v) is 3.53. The number of rotatable bonds is 4. The van der Waals surface area contributed by atoms with E-state index < -0.39 is 0 Å². The van der Waals surface area contributed by atoms with Crippen molar-refractivity contribution in [3.63, 3.8) is 0 Å². The van der Waals surface area contributed by atoms with E-state index >= 15 is 0 Å². The van der Waals surface area contributed by atoms with Gasteiger partial charge in [-0.05, 0) is 29.8 Å². The lowest BCUT2D eigenvalue weighted by Crippen LogP contribution is -2.15. The van der Waals surface area contributed by atoms with Gasteiger partial charge in [0, 0.05) is 18.6 Å². The molecule has 0 fully saturated rings. The monoisotopic (exact) mass is 291 g/mol. The summed E-state index contributed by atoms with van der Waals surface area (Å²) in [5.74, 6) is 0.730. The van der Waals surface area contributed by atoms with Crippen molar-refractivity contribution in [3.8, 4) is 5.75 Å². The van der Waals surface area contributed by atoms with E-state index in [1.165, 1.54) is 0 Å². The first-order chi connectivity index (χ1) is 10.8. The van der Waals surface area contributed by atoms with E-state index in [2.05, 4.69) is 0 Å². The molecule has 3 nitrogen and oxygen atoms in total. The summed E-state index contributed by atoms with van der Waals surface area (Å²) in [4.78, 5) is 12.1. The number of benzene rings is 2. The molecular weight excluding hydrogens is 274 g/mol. The second-order valence-corrected chi connectivity index (χ2v) is 5.07. The average Bonchev–Trinajstić information content (AvgIpc) is 2.56. The van der Waals surface area contributed by atoms with Crippen molar-refractivity contribution in [1.82, 2.24) is 4.57 Å². The highest BCUT2D eigenvalue weighted by Gasteiger charge is 2.05. The molecule has 0 bridgehead atoms. The Morgan fingerprint density at radius 2 is 1.82 bits per heavy atom. The average molecular weight is 291 g/mol. The third kappa shape index (κ3) is 2.93. The summed E-state index contributed by atoms with van der Waals surface area (Å²) in [7, 11) is 1.75. The van der Waals surface area contributed by atoms with Crippen molar-refractivity contribution in [3.05, 3.63) is 82.8 Å². The summed E-state index contributed by atoms with van der Waals surface area (Å²) in [6, 6.07) is 17.5. The molecule has 1 heterocycles. The minimum Gasteiger partial charge on any atom is -0.489 e. The Hall–Kier alpha value is -2.81. The number of fused-ring (bicyclic) bond motifs is 1. The molecule has 0 amide bonds. The highest BCUT2D eigenvalue weighted by Crippen LogP contribution is 2.22. The highest BCUT2D eigenvalue weighted by atomic mass is 16.5. The van der Waals surface area contributed by atoms with Gasteiger partial charge in [0.15, 0.2) is 0 Å². The molecule has 22 heavy (non-hydrogen) atoms. The number of hydrogen-bond donors (Lipinski definition) is 0. The van der Waals surface area contributed by atoms with Crippen LogP contribution in [0, 0.1) is 0 Å². The Bertz CT molecular complexity index is 863. The predicted molar refractivity (Wildman–Crippen MR) is 90.2 cm³/mol. The highest BCUT2D eigenvalue weighted by molar-refractivity contribution is 5.87. The maximum absolute atomic E-state index is 12.1. The van der Waals surface area contributed by atoms with Gasteiger partial charge in [-0.1, -0.05) is 42.5 Å². The number of ether oxygens (including phenoxy) is 1. The van der Waals surface area contributed by atoms with Crippen LogP contribution in [0.3, 0.4) is 0 Å². The molecule has 0 N–H and O–H groups in total. The van der Waals surface area contributed by atoms with Crippen molar-refractivity contribution in [2.45, 2.75) is 0 Å². The van der Waals surface area contributed by atoms with E-state index in [1.54, 1.807) is 17.8 Å². The Morgan fingerprint density at radius 3 is 2.64 bits per heavy atom. The van der Waals surface area contributed by atoms with Crippen molar-refractivity contribution in [2.24, 2.45) is 7.05 Å². The molecular formula is C19H17NO2. The second-order valence-electron chi connectivity index (χ2n) is 5.07. The summed E-state index contributed by atoms with van der Waals surface area (Å²) < 4.78 is 7.37. The van der Waals surface area contributed by atoms with Gasteiger partial charge in [-0.25, -0.2) is 0 Å². The van der Waals surface area contributed by atoms with Crippen LogP contribution < -0.4 is 10.3 Å². The van der Waals surface area contributed by atoms with Crippen molar-refractivity contribution < 1.29 is 4.74 Å². The van der Waals surface area contributed by atoms with Crippen LogP contribution in [0.15, 0.2) is 71.7 Å². The third-order valence-electron chi connectivity index (χ3n) is 3.53. The van der Waals surface area contributed by atoms with Gasteiger partial charge < -0.3 is 9.30 Å². The van der Waals surface area contributed by atoms with Gasteiger partial charge in [-0.15, -0.1) is 0 Å². The first-order valence-electron chi connectivity index (χ1n) is 7.18. The van der Waals surface area contributed by atoms with Gasteiger partial charge in [-0.2, -0.15) is 0 Å². The lowest BCUT2D eigenvalue weighted by atomic mass is 10.1. The Morgan fingerprint density at radius 1 is 1.00 bits per heavy atom. The zero-order valence-electron chi connectivity index (χ0n) is 12.4. The van der Waals surface area contributed by atoms with E-state index in [9.17, 15) is 4.79 Å². The molecule has 0 saturated heterocycles. The van der Waals surface area contributed by atoms with Crippen LogP contribution in [0.5, 0.6) is 5.75 Å². The molecule has 3 aromatic rings. The molecule has 2 aromatic carbocycles. The zero-order chi connectivity index (χ0) is 15.4. The molecule has 0 saturated carbocycles. The van der Waals surface area contributed by atoms with Gasteiger partial charge in [0.1, 0.15) is 12.4 Å². The van der Waals surface area contributed by atoms with Crippen LogP contribution >= 0.6 is 0 Å². The van der Waals surface area contributed by atoms with E-state index in [1.807, 2.05) is 66.7 Å². The first kappa shape index (κ1) is 14.1. The van der Waals surface area contributed by atoms with E-state index in [-0.39, 0.29) is 5.56 Å². The smallest absolute Gasteiger partial charge is 0.258 e. The predicted octanol–water partition coefficient (Wildman–Crippen LogP) is 3.63. The fourth-order valence-electron chi connectivity index (χ4n) is 2.36. The molecule has 0 radical (unpaired) electrons. The minimum absolute atomic E-state index is 0.0113. The van der Waals surface area contributed by atoms with Crippen LogP contribution in [0.25, 0.3) is 16.8 Å². The molecule has 3 rings (SSSR count). The molecule has 0 aliphatic carbocycles. The molecule has 110 valence electrons. The largest absolute Gasteiger partial charge is 0.489 e. The maximum Gasteiger partial charge on any atom is 0.258 e. The fraction of sp³-hybridized carbons (Fsp3) is 0.105. The summed E-state index contributed by atoms with van der Waals surface area (Å²) in [5, 5.41) is 1.52. The molecule has 0 unspecified atom stereocenters. The summed E-state index contributed by atoms with van der Waals surface area (Å²) in [6.45, 7) is 0.462. The number of hydrogen-bond acceptors (Lipinski definition) is 2. The van der Waals surface area contributed by atoms with Gasteiger partial charge in [0.2, 0.25) is 0 Å². The molecule has 0 aliphatic rings. The number of aromatic nitrogens is 1. The van der Waals surface area contributed by atoms with Crippen LogP contribution in [-0.4, -0.2) is 11.2 Å². The zero-order valence-corrected chi connectivity index (χ0v) is 12.4. The quantitative estimate of drug-likeness (QED) is 0.735. The molecule has 1 aromatic heterocycles. The van der Waals surface area contributed by atoms with Crippen LogP contribution in [0.4, 0.5) is 0 Å². The first-order valence-corrected chi connectivity index (χ1v) is 7.18.